The van der Waals surface area contributed by atoms with E-state index in [0.29, 0.717) is 23.5 Å². The van der Waals surface area contributed by atoms with Crippen molar-refractivity contribution in [2.24, 2.45) is 0 Å². The number of aryl methyl sites for hydroxylation is 2. The van der Waals surface area contributed by atoms with Crippen LogP contribution in [0.1, 0.15) is 31.1 Å². The second-order valence-electron chi connectivity index (χ2n) is 7.41. The van der Waals surface area contributed by atoms with Gasteiger partial charge < -0.3 is 14.6 Å². The lowest BCUT2D eigenvalue weighted by Gasteiger charge is -2.29. The summed E-state index contributed by atoms with van der Waals surface area (Å²) in [6, 6.07) is 15.6. The number of furan rings is 1. The maximum atomic E-state index is 13.9. The van der Waals surface area contributed by atoms with E-state index in [4.69, 9.17) is 4.42 Å². The Bertz CT molecular complexity index is 1090. The quantitative estimate of drug-likeness (QED) is 0.652. The molecule has 154 valence electrons. The molecule has 4 rings (SSSR count). The standard InChI is InChI=1S/C24H23FN2O3/c1-16(28)27-14-4-5-17-15-18(8-11-22(17)27)26-24(29)13-10-19-9-12-23(30-19)20-6-2-3-7-21(20)25/h2-3,6-9,11-12,15H,4-5,10,13-14H2,1H3,(H,26,29). The van der Waals surface area contributed by atoms with Gasteiger partial charge in [-0.15, -0.1) is 0 Å². The average molecular weight is 406 g/mol. The van der Waals surface area contributed by atoms with Gasteiger partial charge in [-0.3, -0.25) is 9.59 Å². The molecular weight excluding hydrogens is 383 g/mol. The van der Waals surface area contributed by atoms with Crippen LogP contribution in [-0.2, 0) is 22.4 Å². The molecule has 1 aromatic heterocycles. The van der Waals surface area contributed by atoms with Gasteiger partial charge in [0.15, 0.2) is 0 Å². The third kappa shape index (κ3) is 4.27. The molecule has 0 spiro atoms. The molecule has 0 atom stereocenters. The largest absolute Gasteiger partial charge is 0.461 e. The van der Waals surface area contributed by atoms with Crippen LogP contribution in [0.2, 0.25) is 0 Å². The maximum Gasteiger partial charge on any atom is 0.224 e. The summed E-state index contributed by atoms with van der Waals surface area (Å²) in [6.45, 7) is 2.29. The minimum atomic E-state index is -0.341. The molecule has 0 unspecified atom stereocenters. The van der Waals surface area contributed by atoms with E-state index in [1.54, 1.807) is 42.2 Å². The Morgan fingerprint density at radius 1 is 1.13 bits per heavy atom. The fraction of sp³-hybridized carbons (Fsp3) is 0.250. The van der Waals surface area contributed by atoms with E-state index < -0.39 is 0 Å². The van der Waals surface area contributed by atoms with Gasteiger partial charge in [0.25, 0.3) is 0 Å². The summed E-state index contributed by atoms with van der Waals surface area (Å²) in [5.41, 5.74) is 3.11. The molecule has 5 nitrogen and oxygen atoms in total. The summed E-state index contributed by atoms with van der Waals surface area (Å²) in [4.78, 5) is 25.9. The van der Waals surface area contributed by atoms with Crippen molar-refractivity contribution in [3.8, 4) is 11.3 Å². The van der Waals surface area contributed by atoms with Crippen LogP contribution < -0.4 is 10.2 Å². The maximum absolute atomic E-state index is 13.9. The highest BCUT2D eigenvalue weighted by Gasteiger charge is 2.20. The molecule has 2 heterocycles. The number of hydrogen-bond acceptors (Lipinski definition) is 3. The SMILES string of the molecule is CC(=O)N1CCCc2cc(NC(=O)CCc3ccc(-c4ccccc4F)o3)ccc21. The number of benzene rings is 2. The second-order valence-corrected chi connectivity index (χ2v) is 7.41. The number of anilines is 2. The topological polar surface area (TPSA) is 62.6 Å². The van der Waals surface area contributed by atoms with E-state index in [2.05, 4.69) is 5.32 Å². The highest BCUT2D eigenvalue weighted by molar-refractivity contribution is 5.94. The van der Waals surface area contributed by atoms with Gasteiger partial charge in [0, 0.05) is 37.7 Å². The van der Waals surface area contributed by atoms with Crippen molar-refractivity contribution in [3.05, 3.63) is 71.7 Å². The molecule has 3 aromatic rings. The van der Waals surface area contributed by atoms with Crippen molar-refractivity contribution in [3.63, 3.8) is 0 Å². The zero-order chi connectivity index (χ0) is 21.1. The van der Waals surface area contributed by atoms with Crippen LogP contribution in [0.3, 0.4) is 0 Å². The molecule has 0 radical (unpaired) electrons. The van der Waals surface area contributed by atoms with Crippen molar-refractivity contribution in [1.82, 2.24) is 0 Å². The van der Waals surface area contributed by atoms with Gasteiger partial charge >= 0.3 is 0 Å². The van der Waals surface area contributed by atoms with Gasteiger partial charge in [-0.25, -0.2) is 4.39 Å². The molecule has 0 saturated heterocycles. The third-order valence-corrected chi connectivity index (χ3v) is 5.26. The summed E-state index contributed by atoms with van der Waals surface area (Å²) in [5.74, 6) is 0.644. The number of amides is 2. The molecule has 2 aromatic carbocycles. The first-order valence-corrected chi connectivity index (χ1v) is 10.1. The van der Waals surface area contributed by atoms with Crippen LogP contribution in [0.5, 0.6) is 0 Å². The fourth-order valence-corrected chi connectivity index (χ4v) is 3.78. The van der Waals surface area contributed by atoms with E-state index in [1.165, 1.54) is 6.07 Å². The van der Waals surface area contributed by atoms with Gasteiger partial charge in [0.2, 0.25) is 11.8 Å². The zero-order valence-corrected chi connectivity index (χ0v) is 16.8. The smallest absolute Gasteiger partial charge is 0.224 e. The van der Waals surface area contributed by atoms with Crippen LogP contribution in [0, 0.1) is 5.82 Å². The van der Waals surface area contributed by atoms with Crippen molar-refractivity contribution in [2.45, 2.75) is 32.6 Å². The highest BCUT2D eigenvalue weighted by Crippen LogP contribution is 2.30. The Kier molecular flexibility index (Phi) is 5.65. The lowest BCUT2D eigenvalue weighted by molar-refractivity contribution is -0.117. The van der Waals surface area contributed by atoms with Gasteiger partial charge in [-0.1, -0.05) is 12.1 Å². The molecule has 1 aliphatic heterocycles. The number of halogens is 1. The molecule has 2 amide bonds. The number of fused-ring (bicyclic) bond motifs is 1. The normalized spacial score (nSPS) is 13.1. The Morgan fingerprint density at radius 3 is 2.77 bits per heavy atom. The first-order valence-electron chi connectivity index (χ1n) is 10.1. The van der Waals surface area contributed by atoms with E-state index in [1.807, 2.05) is 18.2 Å². The molecule has 0 aliphatic carbocycles. The van der Waals surface area contributed by atoms with E-state index in [0.717, 1.165) is 36.3 Å². The lowest BCUT2D eigenvalue weighted by Crippen LogP contribution is -2.33. The van der Waals surface area contributed by atoms with Gasteiger partial charge in [-0.2, -0.15) is 0 Å². The molecule has 6 heteroatoms. The number of nitrogens with one attached hydrogen (secondary N) is 1. The van der Waals surface area contributed by atoms with E-state index >= 15 is 0 Å². The number of nitrogens with zero attached hydrogens (tertiary/aromatic N) is 1. The third-order valence-electron chi connectivity index (χ3n) is 5.26. The van der Waals surface area contributed by atoms with Crippen LogP contribution in [0.25, 0.3) is 11.3 Å². The van der Waals surface area contributed by atoms with Gasteiger partial charge in [0.05, 0.1) is 5.56 Å². The van der Waals surface area contributed by atoms with Crippen LogP contribution in [-0.4, -0.2) is 18.4 Å². The monoisotopic (exact) mass is 406 g/mol. The molecule has 0 bridgehead atoms. The summed E-state index contributed by atoms with van der Waals surface area (Å²) >= 11 is 0. The predicted molar refractivity (Wildman–Crippen MR) is 114 cm³/mol. The minimum absolute atomic E-state index is 0.0286. The van der Waals surface area contributed by atoms with Crippen molar-refractivity contribution < 1.29 is 18.4 Å². The Balaban J connectivity index is 1.37. The van der Waals surface area contributed by atoms with Gasteiger partial charge in [-0.05, 0) is 60.9 Å². The number of hydrogen-bond donors (Lipinski definition) is 1. The van der Waals surface area contributed by atoms with E-state index in [-0.39, 0.29) is 24.1 Å². The molecule has 0 fully saturated rings. The summed E-state index contributed by atoms with van der Waals surface area (Å²) in [5, 5.41) is 2.91. The van der Waals surface area contributed by atoms with Crippen LogP contribution >= 0.6 is 0 Å². The Hall–Kier alpha value is -3.41. The number of carbonyl (C=O) groups is 2. The zero-order valence-electron chi connectivity index (χ0n) is 16.8. The predicted octanol–water partition coefficient (Wildman–Crippen LogP) is 4.96. The Morgan fingerprint density at radius 2 is 1.97 bits per heavy atom. The molecule has 1 N–H and O–H groups in total. The highest BCUT2D eigenvalue weighted by atomic mass is 19.1. The fourth-order valence-electron chi connectivity index (χ4n) is 3.78. The van der Waals surface area contributed by atoms with Crippen LogP contribution in [0.4, 0.5) is 15.8 Å². The second kappa shape index (κ2) is 8.53. The van der Waals surface area contributed by atoms with Crippen molar-refractivity contribution >= 4 is 23.2 Å². The molecular formula is C24H23FN2O3. The van der Waals surface area contributed by atoms with E-state index in [9.17, 15) is 14.0 Å². The summed E-state index contributed by atoms with van der Waals surface area (Å²) in [6.07, 6.45) is 2.46. The number of rotatable bonds is 5. The summed E-state index contributed by atoms with van der Waals surface area (Å²) < 4.78 is 19.6. The first kappa shape index (κ1) is 19.9. The minimum Gasteiger partial charge on any atom is -0.461 e. The molecule has 0 saturated carbocycles. The van der Waals surface area contributed by atoms with Crippen molar-refractivity contribution in [2.75, 3.05) is 16.8 Å². The molecule has 30 heavy (non-hydrogen) atoms. The Labute approximate surface area is 174 Å². The van der Waals surface area contributed by atoms with Crippen molar-refractivity contribution in [1.29, 1.82) is 0 Å². The number of carbonyl (C=O) groups excluding carboxylic acids is 2. The van der Waals surface area contributed by atoms with Gasteiger partial charge in [0.1, 0.15) is 17.3 Å². The van der Waals surface area contributed by atoms with Crippen LogP contribution in [0.15, 0.2) is 59.0 Å². The summed E-state index contributed by atoms with van der Waals surface area (Å²) in [7, 11) is 0. The lowest BCUT2D eigenvalue weighted by atomic mass is 10.0. The average Bonchev–Trinajstić information content (AvgIpc) is 3.20. The molecule has 1 aliphatic rings. The first-order chi connectivity index (χ1) is 14.5.